The van der Waals surface area contributed by atoms with Crippen molar-refractivity contribution in [3.63, 3.8) is 0 Å². The highest BCUT2D eigenvalue weighted by atomic mass is 32.2. The maximum Gasteiger partial charge on any atom is 0.257 e. The van der Waals surface area contributed by atoms with Crippen LogP contribution in [0.3, 0.4) is 0 Å². The molecule has 0 bridgehead atoms. The van der Waals surface area contributed by atoms with Crippen molar-refractivity contribution < 1.29 is 17.7 Å². The summed E-state index contributed by atoms with van der Waals surface area (Å²) in [4.78, 5) is 8.41. The standard InChI is InChI=1S/C17H16N4O4S/c22-26(23,14-7-4-8-18-11-14)21-9-10-24-12-15(21)16-19-17(25-20-16)13-5-2-1-3-6-13/h1-8,11,15H,9-10,12H2/t15-/m0/s1. The molecule has 2 aromatic heterocycles. The third kappa shape index (κ3) is 3.12. The fourth-order valence-electron chi connectivity index (χ4n) is 2.78. The summed E-state index contributed by atoms with van der Waals surface area (Å²) >= 11 is 0. The molecule has 1 aliphatic rings. The monoisotopic (exact) mass is 372 g/mol. The van der Waals surface area contributed by atoms with Crippen LogP contribution in [0, 0.1) is 0 Å². The number of nitrogens with zero attached hydrogens (tertiary/aromatic N) is 4. The van der Waals surface area contributed by atoms with Gasteiger partial charge < -0.3 is 9.26 Å². The number of rotatable bonds is 4. The van der Waals surface area contributed by atoms with Gasteiger partial charge in [0.1, 0.15) is 10.9 Å². The maximum atomic E-state index is 13.0. The Kier molecular flexibility index (Phi) is 4.49. The van der Waals surface area contributed by atoms with Gasteiger partial charge in [-0.1, -0.05) is 23.4 Å². The quantitative estimate of drug-likeness (QED) is 0.690. The number of ether oxygens (including phenoxy) is 1. The van der Waals surface area contributed by atoms with E-state index < -0.39 is 16.1 Å². The molecule has 0 N–H and O–H groups in total. The lowest BCUT2D eigenvalue weighted by molar-refractivity contribution is 0.0282. The fraction of sp³-hybridized carbons (Fsp3) is 0.235. The van der Waals surface area contributed by atoms with Gasteiger partial charge in [-0.3, -0.25) is 4.98 Å². The van der Waals surface area contributed by atoms with E-state index in [-0.39, 0.29) is 23.9 Å². The molecule has 3 heterocycles. The summed E-state index contributed by atoms with van der Waals surface area (Å²) in [5.41, 5.74) is 0.768. The van der Waals surface area contributed by atoms with Gasteiger partial charge in [-0.2, -0.15) is 9.29 Å². The first-order valence-electron chi connectivity index (χ1n) is 8.05. The van der Waals surface area contributed by atoms with Gasteiger partial charge in [-0.05, 0) is 24.3 Å². The Morgan fingerprint density at radius 3 is 2.73 bits per heavy atom. The third-order valence-corrected chi connectivity index (χ3v) is 5.97. The van der Waals surface area contributed by atoms with Crippen LogP contribution in [0.4, 0.5) is 0 Å². The minimum atomic E-state index is -3.75. The molecule has 9 heteroatoms. The van der Waals surface area contributed by atoms with E-state index in [2.05, 4.69) is 15.1 Å². The molecule has 3 aromatic rings. The molecule has 0 radical (unpaired) electrons. The molecule has 0 unspecified atom stereocenters. The summed E-state index contributed by atoms with van der Waals surface area (Å²) in [7, 11) is -3.75. The first-order chi connectivity index (χ1) is 12.7. The van der Waals surface area contributed by atoms with Crippen LogP contribution in [-0.4, -0.2) is 47.6 Å². The summed E-state index contributed by atoms with van der Waals surface area (Å²) in [6.45, 7) is 0.670. The number of sulfonamides is 1. The Hall–Kier alpha value is -2.62. The van der Waals surface area contributed by atoms with Crippen LogP contribution in [0.15, 0.2) is 64.3 Å². The predicted molar refractivity (Wildman–Crippen MR) is 91.4 cm³/mol. The van der Waals surface area contributed by atoms with Gasteiger partial charge in [0.05, 0.1) is 13.2 Å². The molecule has 1 saturated heterocycles. The maximum absolute atomic E-state index is 13.0. The van der Waals surface area contributed by atoms with Crippen molar-refractivity contribution in [3.05, 3.63) is 60.7 Å². The molecule has 1 atom stereocenters. The van der Waals surface area contributed by atoms with Crippen LogP contribution in [0.1, 0.15) is 11.9 Å². The van der Waals surface area contributed by atoms with E-state index in [1.54, 1.807) is 6.07 Å². The first-order valence-corrected chi connectivity index (χ1v) is 9.49. The molecular formula is C17H16N4O4S. The Balaban J connectivity index is 1.68. The molecule has 134 valence electrons. The topological polar surface area (TPSA) is 98.4 Å². The van der Waals surface area contributed by atoms with Crippen LogP contribution in [0.25, 0.3) is 11.5 Å². The second kappa shape index (κ2) is 6.94. The molecule has 1 aromatic carbocycles. The molecule has 1 fully saturated rings. The zero-order chi connectivity index (χ0) is 18.0. The van der Waals surface area contributed by atoms with Crippen molar-refractivity contribution in [2.45, 2.75) is 10.9 Å². The predicted octanol–water partition coefficient (Wildman–Crippen LogP) is 1.89. The highest BCUT2D eigenvalue weighted by Gasteiger charge is 2.38. The number of hydrogen-bond acceptors (Lipinski definition) is 7. The van der Waals surface area contributed by atoms with E-state index in [1.165, 1.54) is 22.8 Å². The normalized spacial score (nSPS) is 18.7. The summed E-state index contributed by atoms with van der Waals surface area (Å²) in [5.74, 6) is 0.612. The van der Waals surface area contributed by atoms with E-state index >= 15 is 0 Å². The third-order valence-electron chi connectivity index (χ3n) is 4.08. The van der Waals surface area contributed by atoms with Gasteiger partial charge in [-0.15, -0.1) is 0 Å². The van der Waals surface area contributed by atoms with Gasteiger partial charge in [0.15, 0.2) is 5.82 Å². The molecule has 4 rings (SSSR count). The largest absolute Gasteiger partial charge is 0.378 e. The number of pyridine rings is 1. The van der Waals surface area contributed by atoms with Crippen LogP contribution < -0.4 is 0 Å². The van der Waals surface area contributed by atoms with Crippen LogP contribution >= 0.6 is 0 Å². The smallest absolute Gasteiger partial charge is 0.257 e. The summed E-state index contributed by atoms with van der Waals surface area (Å²) < 4.78 is 38.1. The minimum Gasteiger partial charge on any atom is -0.378 e. The van der Waals surface area contributed by atoms with Crippen molar-refractivity contribution in [2.75, 3.05) is 19.8 Å². The van der Waals surface area contributed by atoms with E-state index in [4.69, 9.17) is 9.26 Å². The van der Waals surface area contributed by atoms with Crippen LogP contribution in [-0.2, 0) is 14.8 Å². The zero-order valence-corrected chi connectivity index (χ0v) is 14.5. The Bertz CT molecular complexity index is 976. The van der Waals surface area contributed by atoms with E-state index in [0.29, 0.717) is 12.5 Å². The molecular weight excluding hydrogens is 356 g/mol. The minimum absolute atomic E-state index is 0.124. The molecule has 0 spiro atoms. The van der Waals surface area contributed by atoms with Crippen molar-refractivity contribution in [1.82, 2.24) is 19.4 Å². The molecule has 0 aliphatic carbocycles. The summed E-state index contributed by atoms with van der Waals surface area (Å²) in [6, 6.07) is 11.7. The van der Waals surface area contributed by atoms with Crippen molar-refractivity contribution in [2.24, 2.45) is 0 Å². The fourth-order valence-corrected chi connectivity index (χ4v) is 4.30. The summed E-state index contributed by atoms with van der Waals surface area (Å²) in [6.07, 6.45) is 2.86. The molecule has 0 saturated carbocycles. The number of morpholine rings is 1. The van der Waals surface area contributed by atoms with Crippen LogP contribution in [0.5, 0.6) is 0 Å². The lowest BCUT2D eigenvalue weighted by Crippen LogP contribution is -2.43. The Morgan fingerprint density at radius 1 is 1.12 bits per heavy atom. The van der Waals surface area contributed by atoms with E-state index in [9.17, 15) is 8.42 Å². The molecule has 0 amide bonds. The van der Waals surface area contributed by atoms with Gasteiger partial charge in [0.2, 0.25) is 10.0 Å². The lowest BCUT2D eigenvalue weighted by atomic mass is 10.2. The van der Waals surface area contributed by atoms with Crippen molar-refractivity contribution in [3.8, 4) is 11.5 Å². The Labute approximate surface area is 150 Å². The highest BCUT2D eigenvalue weighted by molar-refractivity contribution is 7.89. The lowest BCUT2D eigenvalue weighted by Gasteiger charge is -2.32. The number of hydrogen-bond donors (Lipinski definition) is 0. The average Bonchev–Trinajstić information content (AvgIpc) is 3.19. The molecule has 26 heavy (non-hydrogen) atoms. The number of benzene rings is 1. The molecule has 8 nitrogen and oxygen atoms in total. The second-order valence-electron chi connectivity index (χ2n) is 5.72. The molecule has 1 aliphatic heterocycles. The number of aromatic nitrogens is 3. The summed E-state index contributed by atoms with van der Waals surface area (Å²) in [5, 5.41) is 3.99. The van der Waals surface area contributed by atoms with Crippen molar-refractivity contribution in [1.29, 1.82) is 0 Å². The SMILES string of the molecule is O=S(=O)(c1cccnc1)N1CCOC[C@H]1c1noc(-c2ccccc2)n1. The van der Waals surface area contributed by atoms with Gasteiger partial charge in [0.25, 0.3) is 5.89 Å². The van der Waals surface area contributed by atoms with Crippen molar-refractivity contribution >= 4 is 10.0 Å². The van der Waals surface area contributed by atoms with Gasteiger partial charge >= 0.3 is 0 Å². The van der Waals surface area contributed by atoms with Gasteiger partial charge in [0, 0.05) is 24.5 Å². The average molecular weight is 372 g/mol. The Morgan fingerprint density at radius 2 is 1.96 bits per heavy atom. The highest BCUT2D eigenvalue weighted by Crippen LogP contribution is 2.29. The second-order valence-corrected chi connectivity index (χ2v) is 7.61. The zero-order valence-electron chi connectivity index (χ0n) is 13.7. The van der Waals surface area contributed by atoms with E-state index in [0.717, 1.165) is 5.56 Å². The first kappa shape index (κ1) is 16.8. The van der Waals surface area contributed by atoms with E-state index in [1.807, 2.05) is 30.3 Å². The van der Waals surface area contributed by atoms with Gasteiger partial charge in [-0.25, -0.2) is 8.42 Å². The van der Waals surface area contributed by atoms with Crippen LogP contribution in [0.2, 0.25) is 0 Å².